The molecule has 1 amide bonds. The lowest BCUT2D eigenvalue weighted by molar-refractivity contribution is 0.102. The fraction of sp³-hybridized carbons (Fsp3) is 0.143. The number of carbonyl (C=O) groups excluding carboxylic acids is 1. The number of carbonyl (C=O) groups is 1. The van der Waals surface area contributed by atoms with Crippen LogP contribution < -0.4 is 20.3 Å². The number of rotatable bonds is 4. The first-order chi connectivity index (χ1) is 10.0. The van der Waals surface area contributed by atoms with Crippen molar-refractivity contribution in [1.82, 2.24) is 4.98 Å². The van der Waals surface area contributed by atoms with Crippen molar-refractivity contribution in [1.29, 1.82) is 0 Å². The third kappa shape index (κ3) is 3.35. The van der Waals surface area contributed by atoms with Gasteiger partial charge in [0.2, 0.25) is 5.56 Å². The number of hydrogen-bond acceptors (Lipinski definition) is 4. The monoisotopic (exact) mass is 308 g/mol. The topological polar surface area (TPSA) is 80.4 Å². The third-order valence-electron chi connectivity index (χ3n) is 2.76. The highest BCUT2D eigenvalue weighted by molar-refractivity contribution is 6.32. The maximum absolute atomic E-state index is 12.1. The van der Waals surface area contributed by atoms with E-state index in [1.54, 1.807) is 6.07 Å². The van der Waals surface area contributed by atoms with Crippen molar-refractivity contribution < 1.29 is 14.3 Å². The molecule has 1 heterocycles. The minimum Gasteiger partial charge on any atom is -0.495 e. The van der Waals surface area contributed by atoms with Crippen LogP contribution in [0.1, 0.15) is 10.4 Å². The highest BCUT2D eigenvalue weighted by atomic mass is 35.5. The molecule has 0 atom stereocenters. The van der Waals surface area contributed by atoms with Crippen LogP contribution in [0.3, 0.4) is 0 Å². The van der Waals surface area contributed by atoms with E-state index in [2.05, 4.69) is 10.3 Å². The minimum absolute atomic E-state index is 0.229. The van der Waals surface area contributed by atoms with E-state index in [1.807, 2.05) is 0 Å². The Morgan fingerprint density at radius 3 is 2.52 bits per heavy atom. The fourth-order valence-corrected chi connectivity index (χ4v) is 1.98. The Labute approximate surface area is 125 Å². The van der Waals surface area contributed by atoms with Crippen LogP contribution in [0.5, 0.6) is 11.5 Å². The number of H-pyrrole nitrogens is 1. The van der Waals surface area contributed by atoms with Gasteiger partial charge in [0, 0.05) is 23.9 Å². The van der Waals surface area contributed by atoms with Crippen molar-refractivity contribution in [2.45, 2.75) is 0 Å². The Morgan fingerprint density at radius 1 is 1.19 bits per heavy atom. The van der Waals surface area contributed by atoms with Crippen molar-refractivity contribution >= 4 is 23.2 Å². The highest BCUT2D eigenvalue weighted by Gasteiger charge is 2.13. The van der Waals surface area contributed by atoms with E-state index < -0.39 is 5.91 Å². The molecule has 0 unspecified atom stereocenters. The van der Waals surface area contributed by atoms with Crippen LogP contribution in [0.2, 0.25) is 5.02 Å². The summed E-state index contributed by atoms with van der Waals surface area (Å²) in [4.78, 5) is 25.8. The van der Waals surface area contributed by atoms with Gasteiger partial charge in [-0.05, 0) is 12.1 Å². The molecule has 2 N–H and O–H groups in total. The molecule has 1 aromatic carbocycles. The smallest absolute Gasteiger partial charge is 0.256 e. The van der Waals surface area contributed by atoms with E-state index in [1.165, 1.54) is 38.6 Å². The quantitative estimate of drug-likeness (QED) is 0.908. The van der Waals surface area contributed by atoms with Crippen molar-refractivity contribution in [2.24, 2.45) is 0 Å². The van der Waals surface area contributed by atoms with Crippen LogP contribution in [0.15, 0.2) is 35.3 Å². The number of benzene rings is 1. The Morgan fingerprint density at radius 2 is 1.90 bits per heavy atom. The van der Waals surface area contributed by atoms with E-state index in [0.717, 1.165) is 0 Å². The molecule has 21 heavy (non-hydrogen) atoms. The average molecular weight is 309 g/mol. The molecule has 2 rings (SSSR count). The van der Waals surface area contributed by atoms with Gasteiger partial charge in [0.15, 0.2) is 0 Å². The first-order valence-electron chi connectivity index (χ1n) is 5.96. The largest absolute Gasteiger partial charge is 0.495 e. The van der Waals surface area contributed by atoms with Gasteiger partial charge in [0.05, 0.1) is 24.9 Å². The predicted octanol–water partition coefficient (Wildman–Crippen LogP) is 2.30. The molecule has 0 aliphatic rings. The molecule has 7 heteroatoms. The van der Waals surface area contributed by atoms with Gasteiger partial charge in [-0.25, -0.2) is 0 Å². The summed E-state index contributed by atoms with van der Waals surface area (Å²) in [6.07, 6.45) is 1.40. The zero-order chi connectivity index (χ0) is 15.4. The number of ether oxygens (including phenoxy) is 2. The zero-order valence-corrected chi connectivity index (χ0v) is 12.2. The highest BCUT2D eigenvalue weighted by Crippen LogP contribution is 2.35. The summed E-state index contributed by atoms with van der Waals surface area (Å²) in [5.74, 6) is 0.387. The molecule has 2 aromatic rings. The normalized spacial score (nSPS) is 10.0. The number of halogens is 1. The number of aromatic amines is 1. The van der Waals surface area contributed by atoms with E-state index >= 15 is 0 Å². The maximum Gasteiger partial charge on any atom is 0.256 e. The number of aromatic nitrogens is 1. The molecule has 0 radical (unpaired) electrons. The summed E-state index contributed by atoms with van der Waals surface area (Å²) >= 11 is 6.03. The summed E-state index contributed by atoms with van der Waals surface area (Å²) in [7, 11) is 2.95. The predicted molar refractivity (Wildman–Crippen MR) is 79.6 cm³/mol. The summed E-state index contributed by atoms with van der Waals surface area (Å²) in [5, 5.41) is 2.97. The molecule has 0 fully saturated rings. The van der Waals surface area contributed by atoms with Gasteiger partial charge in [-0.15, -0.1) is 0 Å². The van der Waals surface area contributed by atoms with Crippen LogP contribution in [-0.2, 0) is 0 Å². The zero-order valence-electron chi connectivity index (χ0n) is 11.4. The van der Waals surface area contributed by atoms with Crippen molar-refractivity contribution in [3.8, 4) is 11.5 Å². The number of anilines is 1. The molecule has 0 spiro atoms. The van der Waals surface area contributed by atoms with Crippen molar-refractivity contribution in [3.05, 3.63) is 51.4 Å². The van der Waals surface area contributed by atoms with E-state index in [9.17, 15) is 9.59 Å². The maximum atomic E-state index is 12.1. The second-order valence-corrected chi connectivity index (χ2v) is 4.49. The van der Waals surface area contributed by atoms with Gasteiger partial charge < -0.3 is 19.8 Å². The van der Waals surface area contributed by atoms with Gasteiger partial charge in [-0.3, -0.25) is 9.59 Å². The van der Waals surface area contributed by atoms with Crippen LogP contribution in [0.4, 0.5) is 5.69 Å². The van der Waals surface area contributed by atoms with Crippen LogP contribution in [0.25, 0.3) is 0 Å². The standard InChI is InChI=1S/C14H13ClN2O4/c1-20-11-7-12(21-2)10(6-9(11)15)17-14(19)8-3-4-16-13(18)5-8/h3-7H,1-2H3,(H,16,18)(H,17,19). The number of pyridine rings is 1. The Hall–Kier alpha value is -2.47. The lowest BCUT2D eigenvalue weighted by Gasteiger charge is -2.13. The third-order valence-corrected chi connectivity index (χ3v) is 3.05. The molecule has 0 aliphatic carbocycles. The van der Waals surface area contributed by atoms with Gasteiger partial charge in [-0.2, -0.15) is 0 Å². The molecule has 0 aliphatic heterocycles. The first kappa shape index (κ1) is 14.9. The Kier molecular flexibility index (Phi) is 4.49. The number of nitrogens with one attached hydrogen (secondary N) is 2. The summed E-state index contributed by atoms with van der Waals surface area (Å²) in [6, 6.07) is 5.78. The molecular weight excluding hydrogens is 296 g/mol. The molecule has 110 valence electrons. The second-order valence-electron chi connectivity index (χ2n) is 4.08. The summed E-state index contributed by atoms with van der Waals surface area (Å²) < 4.78 is 10.3. The molecule has 1 aromatic heterocycles. The van der Waals surface area contributed by atoms with Gasteiger partial charge in [0.25, 0.3) is 5.91 Å². The fourth-order valence-electron chi connectivity index (χ4n) is 1.74. The Balaban J connectivity index is 2.32. The molecule has 0 bridgehead atoms. The molecule has 6 nitrogen and oxygen atoms in total. The number of methoxy groups -OCH3 is 2. The van der Waals surface area contributed by atoms with E-state index in [0.29, 0.717) is 22.2 Å². The van der Waals surface area contributed by atoms with Crippen LogP contribution >= 0.6 is 11.6 Å². The van der Waals surface area contributed by atoms with Gasteiger partial charge in [-0.1, -0.05) is 11.6 Å². The van der Waals surface area contributed by atoms with Crippen LogP contribution in [-0.4, -0.2) is 25.1 Å². The molecule has 0 saturated carbocycles. The SMILES string of the molecule is COc1cc(OC)c(NC(=O)c2cc[nH]c(=O)c2)cc1Cl. The van der Waals surface area contributed by atoms with Crippen molar-refractivity contribution in [3.63, 3.8) is 0 Å². The first-order valence-corrected chi connectivity index (χ1v) is 6.34. The molecule has 0 saturated heterocycles. The van der Waals surface area contributed by atoms with E-state index in [-0.39, 0.29) is 11.1 Å². The average Bonchev–Trinajstić information content (AvgIpc) is 2.47. The lowest BCUT2D eigenvalue weighted by Crippen LogP contribution is -2.16. The van der Waals surface area contributed by atoms with Gasteiger partial charge in [0.1, 0.15) is 11.5 Å². The Bertz CT molecular complexity index is 727. The second kappa shape index (κ2) is 6.32. The number of amides is 1. The van der Waals surface area contributed by atoms with Crippen molar-refractivity contribution in [2.75, 3.05) is 19.5 Å². The van der Waals surface area contributed by atoms with Crippen LogP contribution in [0, 0.1) is 0 Å². The summed E-state index contributed by atoms with van der Waals surface area (Å²) in [5.41, 5.74) is 0.253. The summed E-state index contributed by atoms with van der Waals surface area (Å²) in [6.45, 7) is 0. The van der Waals surface area contributed by atoms with E-state index in [4.69, 9.17) is 21.1 Å². The lowest BCUT2D eigenvalue weighted by atomic mass is 10.2. The molecular formula is C14H13ClN2O4. The van der Waals surface area contributed by atoms with Gasteiger partial charge >= 0.3 is 0 Å². The number of hydrogen-bond donors (Lipinski definition) is 2. The minimum atomic E-state index is -0.444.